The first-order valence-corrected chi connectivity index (χ1v) is 20.7. The minimum Gasteiger partial charge on any atom is -0.147 e. The number of methoxy groups -OCH3 is 2. The van der Waals surface area contributed by atoms with Gasteiger partial charge in [-0.1, -0.05) is 91.8 Å². The minimum atomic E-state index is -0.724. The van der Waals surface area contributed by atoms with Crippen LogP contribution in [0.4, 0.5) is 17.1 Å². The summed E-state index contributed by atoms with van der Waals surface area (Å²) in [4.78, 5) is 32.5. The van der Waals surface area contributed by atoms with Gasteiger partial charge in [0.2, 0.25) is 0 Å². The number of hydrogen-bond donors (Lipinski definition) is 0. The predicted molar refractivity (Wildman–Crippen MR) is 233 cm³/mol. The SMILES string of the molecule is CC(C)c1cccc(C(C)C)c1N1[CH-]N(c2c(C(C)C)cccc2C(C)C)CC1.CCC1Oc2c([CH]=[Ru+])cccc2N(C(=O)c2ccc(OC)cc2OC)C1=O.Cl. The van der Waals surface area contributed by atoms with Crippen molar-refractivity contribution < 1.29 is 41.7 Å². The monoisotopic (exact) mass is 882 g/mol. The van der Waals surface area contributed by atoms with Crippen LogP contribution in [0, 0.1) is 6.67 Å². The first kappa shape index (κ1) is 45.5. The zero-order valence-electron chi connectivity index (χ0n) is 35.2. The number of fused-ring (bicyclic) bond motifs is 1. The van der Waals surface area contributed by atoms with Gasteiger partial charge in [-0.05, 0) is 45.9 Å². The zero-order valence-corrected chi connectivity index (χ0v) is 37.8. The maximum atomic E-state index is 13.3. The molecule has 1 fully saturated rings. The quantitative estimate of drug-likeness (QED) is 0.0844. The predicted octanol–water partition coefficient (Wildman–Crippen LogP) is 10.8. The summed E-state index contributed by atoms with van der Waals surface area (Å²) in [5.41, 5.74) is 10.2. The van der Waals surface area contributed by atoms with E-state index in [0.717, 1.165) is 18.7 Å². The average Bonchev–Trinajstić information content (AvgIpc) is 3.69. The Balaban J connectivity index is 0.000000249. The van der Waals surface area contributed by atoms with Crippen molar-refractivity contribution in [2.75, 3.05) is 42.0 Å². The van der Waals surface area contributed by atoms with Crippen LogP contribution in [-0.4, -0.2) is 49.8 Å². The topological polar surface area (TPSA) is 71.6 Å². The van der Waals surface area contributed by atoms with Gasteiger partial charge in [0.1, 0.15) is 0 Å². The molecule has 307 valence electrons. The summed E-state index contributed by atoms with van der Waals surface area (Å²) in [5.74, 6) is 2.61. The number of carbonyl (C=O) groups is 2. The molecule has 6 rings (SSSR count). The Kier molecular flexibility index (Phi) is 16.0. The Bertz CT molecular complexity index is 1930. The van der Waals surface area contributed by atoms with Gasteiger partial charge in [-0.25, -0.2) is 0 Å². The summed E-state index contributed by atoms with van der Waals surface area (Å²) in [6, 6.07) is 23.9. The van der Waals surface area contributed by atoms with Crippen molar-refractivity contribution in [1.82, 2.24) is 0 Å². The van der Waals surface area contributed by atoms with Gasteiger partial charge in [0.15, 0.2) is 0 Å². The summed E-state index contributed by atoms with van der Waals surface area (Å²) in [6.07, 6.45) is -0.271. The standard InChI is InChI=1S/C27H39N2.C20H19NO5.ClH.Ru/c1-18(2)22-11-9-12-23(19(3)4)26(22)28-15-16-29(17-28)27-24(20(5)6)13-10-14-25(27)21(7)8;1-5-16-20(23)21(15-8-6-7-12(2)18(15)26-16)19(22)14-10-9-13(24-3)11-17(14)25-4;;/h9-14,17-21H,15-16H2,1-8H3;2,6-11,16H,5H2,1,3-4H3;1H;/q-1;;;+1. The number of hydrogen-bond acceptors (Lipinski definition) is 7. The maximum Gasteiger partial charge on any atom is -0.147 e. The molecule has 8 nitrogen and oxygen atoms in total. The largest absolute Gasteiger partial charge is 0.147 e. The number of rotatable bonds is 11. The molecular weight excluding hydrogens is 823 g/mol. The number of benzene rings is 4. The molecule has 10 heteroatoms. The Hall–Kier alpha value is -4.20. The Labute approximate surface area is 356 Å². The summed E-state index contributed by atoms with van der Waals surface area (Å²) < 4.78 is 18.2. The number of amides is 2. The second kappa shape index (κ2) is 20.0. The van der Waals surface area contributed by atoms with Gasteiger partial charge in [0.25, 0.3) is 0 Å². The van der Waals surface area contributed by atoms with Crippen molar-refractivity contribution in [2.24, 2.45) is 0 Å². The van der Waals surface area contributed by atoms with Crippen LogP contribution in [0.3, 0.4) is 0 Å². The van der Waals surface area contributed by atoms with Crippen LogP contribution in [0.15, 0.2) is 72.8 Å². The molecule has 2 amide bonds. The van der Waals surface area contributed by atoms with E-state index in [9.17, 15) is 9.59 Å². The van der Waals surface area contributed by atoms with Crippen molar-refractivity contribution in [3.05, 3.63) is 113 Å². The van der Waals surface area contributed by atoms with E-state index in [1.807, 2.05) is 17.6 Å². The van der Waals surface area contributed by atoms with Crippen molar-refractivity contribution in [3.63, 3.8) is 0 Å². The van der Waals surface area contributed by atoms with E-state index < -0.39 is 17.9 Å². The van der Waals surface area contributed by atoms with Crippen LogP contribution < -0.4 is 28.9 Å². The number of nitrogens with zero attached hydrogens (tertiary/aromatic N) is 3. The van der Waals surface area contributed by atoms with E-state index in [-0.39, 0.29) is 18.0 Å². The molecule has 57 heavy (non-hydrogen) atoms. The molecule has 4 aromatic carbocycles. The van der Waals surface area contributed by atoms with Gasteiger partial charge < -0.3 is 9.80 Å². The number of imide groups is 1. The molecule has 2 heterocycles. The third-order valence-electron chi connectivity index (χ3n) is 10.5. The van der Waals surface area contributed by atoms with Crippen LogP contribution in [0.1, 0.15) is 131 Å². The van der Waals surface area contributed by atoms with Crippen molar-refractivity contribution >= 4 is 45.9 Å². The molecule has 1 atom stereocenters. The molecule has 0 N–H and O–H groups in total. The molecule has 4 aromatic rings. The molecular formula is C47H59ClN3O5Ru. The first-order valence-electron chi connectivity index (χ1n) is 19.7. The summed E-state index contributed by atoms with van der Waals surface area (Å²) in [6.45, 7) is 24.7. The van der Waals surface area contributed by atoms with Crippen LogP contribution in [0.5, 0.6) is 17.2 Å². The van der Waals surface area contributed by atoms with Crippen LogP contribution in [-0.2, 0) is 22.6 Å². The summed E-state index contributed by atoms with van der Waals surface area (Å²) >= 11 is 2.42. The number of para-hydroxylation sites is 3. The van der Waals surface area contributed by atoms with Crippen LogP contribution in [0.2, 0.25) is 0 Å². The molecule has 0 aromatic heterocycles. The summed E-state index contributed by atoms with van der Waals surface area (Å²) in [7, 11) is 3.00. The Morgan fingerprint density at radius 2 is 1.28 bits per heavy atom. The first-order chi connectivity index (χ1) is 26.8. The van der Waals surface area contributed by atoms with E-state index in [4.69, 9.17) is 14.2 Å². The number of carbonyl (C=O) groups excluding carboxylic acids is 2. The van der Waals surface area contributed by atoms with Crippen LogP contribution in [0.25, 0.3) is 0 Å². The number of ether oxygens (including phenoxy) is 3. The van der Waals surface area contributed by atoms with Gasteiger partial charge >= 0.3 is 167 Å². The van der Waals surface area contributed by atoms with Gasteiger partial charge in [-0.2, -0.15) is 6.67 Å². The number of anilines is 3. The van der Waals surface area contributed by atoms with Crippen molar-refractivity contribution in [1.29, 1.82) is 0 Å². The van der Waals surface area contributed by atoms with E-state index in [1.165, 1.54) is 52.7 Å². The molecule has 0 saturated carbocycles. The minimum absolute atomic E-state index is 0. The molecule has 0 radical (unpaired) electrons. The third-order valence-corrected chi connectivity index (χ3v) is 11.0. The fourth-order valence-electron chi connectivity index (χ4n) is 7.47. The second-order valence-electron chi connectivity index (χ2n) is 15.5. The fraction of sp³-hybridized carbons (Fsp3) is 0.404. The fourth-order valence-corrected chi connectivity index (χ4v) is 7.87. The van der Waals surface area contributed by atoms with Gasteiger partial charge in [0.05, 0.1) is 0 Å². The summed E-state index contributed by atoms with van der Waals surface area (Å²) in [5, 5.41) is 0. The van der Waals surface area contributed by atoms with E-state index >= 15 is 0 Å². The molecule has 1 saturated heterocycles. The second-order valence-corrected chi connectivity index (χ2v) is 16.1. The number of halogens is 1. The van der Waals surface area contributed by atoms with Crippen molar-refractivity contribution in [3.8, 4) is 17.2 Å². The van der Waals surface area contributed by atoms with Gasteiger partial charge in [-0.3, -0.25) is 0 Å². The smallest absolute Gasteiger partial charge is 0.147 e. The third kappa shape index (κ3) is 9.58. The normalized spacial score (nSPS) is 15.0. The molecule has 1 unspecified atom stereocenters. The molecule has 0 aliphatic carbocycles. The van der Waals surface area contributed by atoms with E-state index in [1.54, 1.807) is 30.3 Å². The van der Waals surface area contributed by atoms with E-state index in [0.29, 0.717) is 53.0 Å². The zero-order chi connectivity index (χ0) is 40.8. The molecule has 2 aliphatic heterocycles. The van der Waals surface area contributed by atoms with Crippen molar-refractivity contribution in [2.45, 2.75) is 98.5 Å². The molecule has 0 bridgehead atoms. The van der Waals surface area contributed by atoms with Gasteiger partial charge in [-0.15, -0.1) is 12.4 Å². The Morgan fingerprint density at radius 1 is 0.789 bits per heavy atom. The van der Waals surface area contributed by atoms with Gasteiger partial charge in [0, 0.05) is 24.5 Å². The average molecular weight is 883 g/mol. The molecule has 0 spiro atoms. The van der Waals surface area contributed by atoms with Crippen LogP contribution >= 0.6 is 12.4 Å². The van der Waals surface area contributed by atoms with E-state index in [2.05, 4.69) is 126 Å². The maximum absolute atomic E-state index is 13.3. The Morgan fingerprint density at radius 3 is 1.70 bits per heavy atom. The molecule has 2 aliphatic rings.